The summed E-state index contributed by atoms with van der Waals surface area (Å²) in [7, 11) is 0. The Bertz CT molecular complexity index is 446. The van der Waals surface area contributed by atoms with Crippen molar-refractivity contribution in [3.05, 3.63) is 23.8 Å². The third-order valence-corrected chi connectivity index (χ3v) is 2.51. The van der Waals surface area contributed by atoms with Crippen LogP contribution in [-0.4, -0.2) is 18.6 Å². The molecule has 19 heavy (non-hydrogen) atoms. The van der Waals surface area contributed by atoms with Gasteiger partial charge in [-0.15, -0.1) is 0 Å². The molecule has 1 rings (SSSR count). The fourth-order valence-electron chi connectivity index (χ4n) is 1.60. The van der Waals surface area contributed by atoms with Crippen LogP contribution in [-0.2, 0) is 0 Å². The van der Waals surface area contributed by atoms with E-state index in [1.165, 1.54) is 18.2 Å². The maximum absolute atomic E-state index is 11.9. The summed E-state index contributed by atoms with van der Waals surface area (Å²) in [6.07, 6.45) is -4.57. The molecule has 0 fully saturated rings. The molecule has 0 saturated heterocycles. The SMILES string of the molecule is NC(=O)c1ccc(N)cc1NCCCCC(F)(F)F. The van der Waals surface area contributed by atoms with Crippen molar-refractivity contribution in [3.8, 4) is 0 Å². The van der Waals surface area contributed by atoms with Gasteiger partial charge in [-0.05, 0) is 31.0 Å². The maximum atomic E-state index is 11.9. The minimum absolute atomic E-state index is 0.0325. The summed E-state index contributed by atoms with van der Waals surface area (Å²) in [5, 5.41) is 2.87. The molecule has 0 aliphatic rings. The number of hydrogen-bond acceptors (Lipinski definition) is 3. The number of amides is 1. The number of nitrogens with one attached hydrogen (secondary N) is 1. The van der Waals surface area contributed by atoms with Crippen molar-refractivity contribution in [1.29, 1.82) is 0 Å². The van der Waals surface area contributed by atoms with Crippen molar-refractivity contribution in [1.82, 2.24) is 0 Å². The fourth-order valence-corrected chi connectivity index (χ4v) is 1.60. The normalized spacial score (nSPS) is 11.3. The van der Waals surface area contributed by atoms with E-state index in [1.54, 1.807) is 0 Å². The monoisotopic (exact) mass is 275 g/mol. The Kier molecular flexibility index (Phi) is 5.02. The quantitative estimate of drug-likeness (QED) is 0.551. The van der Waals surface area contributed by atoms with Gasteiger partial charge in [0, 0.05) is 24.3 Å². The van der Waals surface area contributed by atoms with Gasteiger partial charge in [0.05, 0.1) is 5.56 Å². The average molecular weight is 275 g/mol. The molecule has 0 atom stereocenters. The third-order valence-electron chi connectivity index (χ3n) is 2.51. The Labute approximate surface area is 109 Å². The molecule has 0 aliphatic carbocycles. The van der Waals surface area contributed by atoms with Gasteiger partial charge in [-0.25, -0.2) is 0 Å². The number of nitrogen functional groups attached to an aromatic ring is 1. The van der Waals surface area contributed by atoms with Crippen LogP contribution in [0.4, 0.5) is 24.5 Å². The summed E-state index contributed by atoms with van der Waals surface area (Å²) in [5.74, 6) is -0.613. The molecule has 7 heteroatoms. The first-order valence-corrected chi connectivity index (χ1v) is 5.79. The van der Waals surface area contributed by atoms with Gasteiger partial charge < -0.3 is 16.8 Å². The van der Waals surface area contributed by atoms with E-state index in [1.807, 2.05) is 0 Å². The highest BCUT2D eigenvalue weighted by molar-refractivity contribution is 5.99. The largest absolute Gasteiger partial charge is 0.399 e. The number of primary amides is 1. The minimum atomic E-state index is -4.13. The molecule has 5 N–H and O–H groups in total. The Morgan fingerprint density at radius 1 is 1.26 bits per heavy atom. The van der Waals surface area contributed by atoms with Gasteiger partial charge in [-0.2, -0.15) is 13.2 Å². The van der Waals surface area contributed by atoms with Gasteiger partial charge in [0.1, 0.15) is 0 Å². The van der Waals surface area contributed by atoms with E-state index in [0.29, 0.717) is 24.3 Å². The highest BCUT2D eigenvalue weighted by Crippen LogP contribution is 2.23. The molecule has 1 aromatic rings. The van der Waals surface area contributed by atoms with Crippen LogP contribution in [0.2, 0.25) is 0 Å². The van der Waals surface area contributed by atoms with Crippen LogP contribution >= 0.6 is 0 Å². The van der Waals surface area contributed by atoms with Crippen molar-refractivity contribution in [2.45, 2.75) is 25.4 Å². The van der Waals surface area contributed by atoms with Gasteiger partial charge >= 0.3 is 6.18 Å². The molecule has 0 heterocycles. The lowest BCUT2D eigenvalue weighted by atomic mass is 10.1. The van der Waals surface area contributed by atoms with Crippen LogP contribution in [0, 0.1) is 0 Å². The Balaban J connectivity index is 2.49. The second-order valence-corrected chi connectivity index (χ2v) is 4.17. The predicted molar refractivity (Wildman–Crippen MR) is 67.8 cm³/mol. The van der Waals surface area contributed by atoms with Gasteiger partial charge in [0.25, 0.3) is 5.91 Å². The molecular weight excluding hydrogens is 259 g/mol. The molecule has 106 valence electrons. The van der Waals surface area contributed by atoms with E-state index < -0.39 is 18.5 Å². The van der Waals surface area contributed by atoms with Crippen molar-refractivity contribution in [2.24, 2.45) is 5.73 Å². The number of benzene rings is 1. The number of halogens is 3. The van der Waals surface area contributed by atoms with Crippen LogP contribution in [0.15, 0.2) is 18.2 Å². The lowest BCUT2D eigenvalue weighted by Crippen LogP contribution is -2.15. The minimum Gasteiger partial charge on any atom is -0.399 e. The molecule has 1 aromatic carbocycles. The first-order valence-electron chi connectivity index (χ1n) is 5.79. The highest BCUT2D eigenvalue weighted by atomic mass is 19.4. The van der Waals surface area contributed by atoms with E-state index in [0.717, 1.165) is 0 Å². The van der Waals surface area contributed by atoms with E-state index in [-0.39, 0.29) is 12.0 Å². The second-order valence-electron chi connectivity index (χ2n) is 4.17. The number of hydrogen-bond donors (Lipinski definition) is 3. The van der Waals surface area contributed by atoms with E-state index in [2.05, 4.69) is 5.32 Å². The zero-order valence-electron chi connectivity index (χ0n) is 10.3. The number of rotatable bonds is 6. The Hall–Kier alpha value is -1.92. The highest BCUT2D eigenvalue weighted by Gasteiger charge is 2.25. The number of carbonyl (C=O) groups excluding carboxylic acids is 1. The molecule has 4 nitrogen and oxygen atoms in total. The first-order chi connectivity index (χ1) is 8.79. The van der Waals surface area contributed by atoms with Crippen molar-refractivity contribution in [2.75, 3.05) is 17.6 Å². The summed E-state index contributed by atoms with van der Waals surface area (Å²) >= 11 is 0. The molecule has 1 amide bonds. The van der Waals surface area contributed by atoms with Crippen molar-refractivity contribution < 1.29 is 18.0 Å². The van der Waals surface area contributed by atoms with E-state index in [9.17, 15) is 18.0 Å². The van der Waals surface area contributed by atoms with Gasteiger partial charge in [-0.3, -0.25) is 4.79 Å². The smallest absolute Gasteiger partial charge is 0.389 e. The zero-order chi connectivity index (χ0) is 14.5. The molecule has 0 bridgehead atoms. The van der Waals surface area contributed by atoms with Crippen molar-refractivity contribution >= 4 is 17.3 Å². The zero-order valence-corrected chi connectivity index (χ0v) is 10.3. The fraction of sp³-hybridized carbons (Fsp3) is 0.417. The van der Waals surface area contributed by atoms with Crippen LogP contribution in [0.1, 0.15) is 29.6 Å². The molecule has 0 saturated carbocycles. The third kappa shape index (κ3) is 5.50. The molecule has 0 radical (unpaired) electrons. The molecular formula is C12H16F3N3O. The lowest BCUT2D eigenvalue weighted by molar-refractivity contribution is -0.135. The van der Waals surface area contributed by atoms with Crippen LogP contribution < -0.4 is 16.8 Å². The standard InChI is InChI=1S/C12H16F3N3O/c13-12(14,15)5-1-2-6-18-10-7-8(16)3-4-9(10)11(17)19/h3-4,7,18H,1-2,5-6,16H2,(H2,17,19). The van der Waals surface area contributed by atoms with E-state index >= 15 is 0 Å². The van der Waals surface area contributed by atoms with Gasteiger partial charge in [0.2, 0.25) is 0 Å². The number of nitrogens with two attached hydrogens (primary N) is 2. The lowest BCUT2D eigenvalue weighted by Gasteiger charge is -2.11. The average Bonchev–Trinajstić information content (AvgIpc) is 2.26. The predicted octanol–water partition coefficient (Wildman–Crippen LogP) is 2.51. The van der Waals surface area contributed by atoms with Crippen LogP contribution in [0.25, 0.3) is 0 Å². The van der Waals surface area contributed by atoms with Crippen molar-refractivity contribution in [3.63, 3.8) is 0 Å². The number of unbranched alkanes of at least 4 members (excludes halogenated alkanes) is 1. The summed E-state index contributed by atoms with van der Waals surface area (Å²) in [5.41, 5.74) is 11.9. The Morgan fingerprint density at radius 3 is 2.53 bits per heavy atom. The molecule has 0 spiro atoms. The first kappa shape index (κ1) is 15.1. The summed E-state index contributed by atoms with van der Waals surface area (Å²) in [6, 6.07) is 4.55. The number of carbonyl (C=O) groups is 1. The van der Waals surface area contributed by atoms with Crippen LogP contribution in [0.3, 0.4) is 0 Å². The maximum Gasteiger partial charge on any atom is 0.389 e. The number of alkyl halides is 3. The molecule has 0 aliphatic heterocycles. The van der Waals surface area contributed by atoms with E-state index in [4.69, 9.17) is 11.5 Å². The summed E-state index contributed by atoms with van der Waals surface area (Å²) in [6.45, 7) is 0.319. The molecule has 0 aromatic heterocycles. The second kappa shape index (κ2) is 6.31. The Morgan fingerprint density at radius 2 is 1.95 bits per heavy atom. The van der Waals surface area contributed by atoms with Gasteiger partial charge in [-0.1, -0.05) is 0 Å². The van der Waals surface area contributed by atoms with Crippen LogP contribution in [0.5, 0.6) is 0 Å². The van der Waals surface area contributed by atoms with Gasteiger partial charge in [0.15, 0.2) is 0 Å². The summed E-state index contributed by atoms with van der Waals surface area (Å²) in [4.78, 5) is 11.1. The summed E-state index contributed by atoms with van der Waals surface area (Å²) < 4.78 is 35.8. The number of anilines is 2. The topological polar surface area (TPSA) is 81.1 Å². The molecule has 0 unspecified atom stereocenters.